The van der Waals surface area contributed by atoms with Crippen LogP contribution < -0.4 is 10.6 Å². The van der Waals surface area contributed by atoms with E-state index in [0.717, 1.165) is 30.1 Å². The number of aryl methyl sites for hydroxylation is 1. The summed E-state index contributed by atoms with van der Waals surface area (Å²) < 4.78 is 10.3. The highest BCUT2D eigenvalue weighted by atomic mass is 35.5. The summed E-state index contributed by atoms with van der Waals surface area (Å²) >= 11 is 6.00. The third-order valence-corrected chi connectivity index (χ3v) is 3.94. The number of nitrogens with zero attached hydrogens (tertiary/aromatic N) is 1. The normalized spacial score (nSPS) is 11.3. The smallest absolute Gasteiger partial charge is 0.341 e. The summed E-state index contributed by atoms with van der Waals surface area (Å²) in [6.45, 7) is 5.52. The highest BCUT2D eigenvalue weighted by Crippen LogP contribution is 2.16. The topological polar surface area (TPSA) is 75.9 Å². The number of hydrogen-bond donors (Lipinski definition) is 2. The van der Waals surface area contributed by atoms with Gasteiger partial charge in [-0.1, -0.05) is 23.7 Å². The van der Waals surface area contributed by atoms with Crippen LogP contribution in [-0.2, 0) is 17.7 Å². The number of furan rings is 1. The average molecular weight is 378 g/mol. The molecule has 0 aliphatic heterocycles. The molecule has 26 heavy (non-hydrogen) atoms. The van der Waals surface area contributed by atoms with Crippen molar-refractivity contribution < 1.29 is 13.9 Å². The minimum atomic E-state index is -0.409. The maximum atomic E-state index is 11.6. The fourth-order valence-electron chi connectivity index (χ4n) is 2.45. The van der Waals surface area contributed by atoms with Crippen LogP contribution in [0.4, 0.5) is 0 Å². The highest BCUT2D eigenvalue weighted by Gasteiger charge is 2.15. The number of aliphatic imine (C=N–C) groups is 1. The lowest BCUT2D eigenvalue weighted by atomic mass is 10.1. The average Bonchev–Trinajstić information content (AvgIpc) is 3.00. The maximum Gasteiger partial charge on any atom is 0.341 e. The van der Waals surface area contributed by atoms with Gasteiger partial charge in [0.15, 0.2) is 5.96 Å². The molecule has 0 unspecified atom stereocenters. The number of ether oxygens (including phenoxy) is 1. The minimum Gasteiger partial charge on any atom is -0.465 e. The number of hydrogen-bond acceptors (Lipinski definition) is 4. The first kappa shape index (κ1) is 19.8. The molecule has 0 bridgehead atoms. The lowest BCUT2D eigenvalue weighted by Crippen LogP contribution is -2.38. The van der Waals surface area contributed by atoms with E-state index >= 15 is 0 Å². The second-order valence-electron chi connectivity index (χ2n) is 5.68. The van der Waals surface area contributed by atoms with E-state index in [0.29, 0.717) is 29.6 Å². The van der Waals surface area contributed by atoms with E-state index in [1.54, 1.807) is 13.0 Å². The minimum absolute atomic E-state index is 0.324. The van der Waals surface area contributed by atoms with Gasteiger partial charge in [0.05, 0.1) is 7.11 Å². The number of esters is 1. The van der Waals surface area contributed by atoms with Gasteiger partial charge in [0.1, 0.15) is 23.6 Å². The van der Waals surface area contributed by atoms with E-state index in [1.807, 2.05) is 31.2 Å². The molecule has 0 amide bonds. The summed E-state index contributed by atoms with van der Waals surface area (Å²) in [4.78, 5) is 16.1. The van der Waals surface area contributed by atoms with Gasteiger partial charge in [-0.2, -0.15) is 0 Å². The Morgan fingerprint density at radius 3 is 2.81 bits per heavy atom. The standard InChI is InChI=1S/C19H24ClN3O3/c1-4-21-19(22-9-8-14-6-5-7-15(20)10-14)23-12-16-11-17(13(2)26-16)18(24)25-3/h5-7,10-11H,4,8-9,12H2,1-3H3,(H2,21,22,23). The van der Waals surface area contributed by atoms with Crippen LogP contribution >= 0.6 is 11.6 Å². The summed E-state index contributed by atoms with van der Waals surface area (Å²) in [6.07, 6.45) is 0.831. The summed E-state index contributed by atoms with van der Waals surface area (Å²) in [7, 11) is 1.35. The zero-order valence-electron chi connectivity index (χ0n) is 15.3. The van der Waals surface area contributed by atoms with Crippen molar-refractivity contribution in [2.75, 3.05) is 20.2 Å². The lowest BCUT2D eigenvalue weighted by molar-refractivity contribution is 0.0599. The molecule has 6 nitrogen and oxygen atoms in total. The molecule has 0 saturated carbocycles. The number of halogens is 1. The number of carbonyl (C=O) groups excluding carboxylic acids is 1. The van der Waals surface area contributed by atoms with Gasteiger partial charge in [-0.25, -0.2) is 9.79 Å². The Kier molecular flexibility index (Phi) is 7.53. The predicted octanol–water partition coefficient (Wildman–Crippen LogP) is 3.33. The van der Waals surface area contributed by atoms with Crippen LogP contribution in [-0.4, -0.2) is 32.1 Å². The molecule has 0 aliphatic carbocycles. The van der Waals surface area contributed by atoms with Gasteiger partial charge < -0.3 is 19.8 Å². The molecule has 140 valence electrons. The third kappa shape index (κ3) is 5.81. The van der Waals surface area contributed by atoms with Crippen molar-refractivity contribution in [1.82, 2.24) is 10.6 Å². The molecular weight excluding hydrogens is 354 g/mol. The first-order valence-electron chi connectivity index (χ1n) is 8.47. The van der Waals surface area contributed by atoms with Crippen molar-refractivity contribution in [3.8, 4) is 0 Å². The van der Waals surface area contributed by atoms with Crippen LogP contribution in [0.15, 0.2) is 39.7 Å². The van der Waals surface area contributed by atoms with Gasteiger partial charge in [0.25, 0.3) is 0 Å². The summed E-state index contributed by atoms with van der Waals surface area (Å²) in [6, 6.07) is 9.46. The molecule has 0 saturated heterocycles. The van der Waals surface area contributed by atoms with E-state index in [-0.39, 0.29) is 0 Å². The Hall–Kier alpha value is -2.47. The molecule has 0 aliphatic rings. The Balaban J connectivity index is 1.94. The molecule has 1 aromatic heterocycles. The van der Waals surface area contributed by atoms with Crippen LogP contribution in [0.2, 0.25) is 5.02 Å². The van der Waals surface area contributed by atoms with Crippen molar-refractivity contribution in [3.63, 3.8) is 0 Å². The number of rotatable bonds is 7. The fourth-order valence-corrected chi connectivity index (χ4v) is 2.66. The SMILES string of the molecule is CCNC(=NCc1cc(C(=O)OC)c(C)o1)NCCc1cccc(Cl)c1. The molecule has 1 heterocycles. The summed E-state index contributed by atoms with van der Waals surface area (Å²) in [5, 5.41) is 7.20. The summed E-state index contributed by atoms with van der Waals surface area (Å²) in [5.41, 5.74) is 1.59. The molecule has 2 aromatic rings. The van der Waals surface area contributed by atoms with Crippen LogP contribution in [0.1, 0.15) is 34.4 Å². The lowest BCUT2D eigenvalue weighted by Gasteiger charge is -2.11. The maximum absolute atomic E-state index is 11.6. The number of benzene rings is 1. The molecule has 0 fully saturated rings. The zero-order chi connectivity index (χ0) is 18.9. The Morgan fingerprint density at radius 2 is 2.12 bits per heavy atom. The molecule has 0 atom stereocenters. The molecule has 0 radical (unpaired) electrons. The van der Waals surface area contributed by atoms with Crippen molar-refractivity contribution in [1.29, 1.82) is 0 Å². The molecule has 0 spiro atoms. The molecular formula is C19H24ClN3O3. The van der Waals surface area contributed by atoms with Gasteiger partial charge in [0.2, 0.25) is 0 Å². The largest absolute Gasteiger partial charge is 0.465 e. The highest BCUT2D eigenvalue weighted by molar-refractivity contribution is 6.30. The molecule has 7 heteroatoms. The second-order valence-corrected chi connectivity index (χ2v) is 6.11. The van der Waals surface area contributed by atoms with Gasteiger partial charge in [-0.3, -0.25) is 0 Å². The fraction of sp³-hybridized carbons (Fsp3) is 0.368. The Morgan fingerprint density at radius 1 is 1.31 bits per heavy atom. The zero-order valence-corrected chi connectivity index (χ0v) is 16.0. The van der Waals surface area contributed by atoms with Crippen molar-refractivity contribution in [3.05, 3.63) is 58.0 Å². The second kappa shape index (κ2) is 9.87. The van der Waals surface area contributed by atoms with Gasteiger partial charge in [-0.05, 0) is 44.0 Å². The molecule has 2 N–H and O–H groups in total. The summed E-state index contributed by atoms with van der Waals surface area (Å²) in [5.74, 6) is 1.41. The van der Waals surface area contributed by atoms with Crippen molar-refractivity contribution in [2.24, 2.45) is 4.99 Å². The van der Waals surface area contributed by atoms with Gasteiger partial charge >= 0.3 is 5.97 Å². The van der Waals surface area contributed by atoms with E-state index in [2.05, 4.69) is 15.6 Å². The number of carbonyl (C=O) groups is 1. The number of methoxy groups -OCH3 is 1. The quantitative estimate of drug-likeness (QED) is 0.439. The number of guanidine groups is 1. The van der Waals surface area contributed by atoms with Crippen LogP contribution in [0.3, 0.4) is 0 Å². The Labute approximate surface area is 158 Å². The van der Waals surface area contributed by atoms with E-state index in [9.17, 15) is 4.79 Å². The first-order valence-corrected chi connectivity index (χ1v) is 8.85. The predicted molar refractivity (Wildman–Crippen MR) is 103 cm³/mol. The van der Waals surface area contributed by atoms with Crippen LogP contribution in [0.25, 0.3) is 0 Å². The van der Waals surface area contributed by atoms with Crippen LogP contribution in [0.5, 0.6) is 0 Å². The van der Waals surface area contributed by atoms with Crippen LogP contribution in [0, 0.1) is 6.92 Å². The monoisotopic (exact) mass is 377 g/mol. The van der Waals surface area contributed by atoms with E-state index in [4.69, 9.17) is 20.8 Å². The number of nitrogens with one attached hydrogen (secondary N) is 2. The molecule has 1 aromatic carbocycles. The Bertz CT molecular complexity index is 771. The molecule has 2 rings (SSSR count). The van der Waals surface area contributed by atoms with E-state index < -0.39 is 5.97 Å². The third-order valence-electron chi connectivity index (χ3n) is 3.71. The van der Waals surface area contributed by atoms with E-state index in [1.165, 1.54) is 7.11 Å². The first-order chi connectivity index (χ1) is 12.5. The van der Waals surface area contributed by atoms with Crippen molar-refractivity contribution in [2.45, 2.75) is 26.8 Å². The van der Waals surface area contributed by atoms with Gasteiger partial charge in [0, 0.05) is 18.1 Å². The van der Waals surface area contributed by atoms with Crippen molar-refractivity contribution >= 4 is 23.5 Å². The van der Waals surface area contributed by atoms with Gasteiger partial charge in [-0.15, -0.1) is 0 Å².